The first-order chi connectivity index (χ1) is 9.47. The van der Waals surface area contributed by atoms with Crippen molar-refractivity contribution in [2.45, 2.75) is 12.8 Å². The summed E-state index contributed by atoms with van der Waals surface area (Å²) in [6.07, 6.45) is 0. The zero-order valence-corrected chi connectivity index (χ0v) is 13.8. The molecule has 2 aromatic rings. The second-order valence-corrected chi connectivity index (χ2v) is 6.10. The van der Waals surface area contributed by atoms with Crippen LogP contribution in [-0.4, -0.2) is 5.91 Å². The maximum atomic E-state index is 12.3. The second kappa shape index (κ2) is 6.45. The molecule has 3 N–H and O–H groups in total. The molecule has 0 fully saturated rings. The molecular weight excluding hydrogens is 387 g/mol. The van der Waals surface area contributed by atoms with E-state index in [2.05, 4.69) is 27.9 Å². The van der Waals surface area contributed by atoms with Crippen LogP contribution in [0.5, 0.6) is 0 Å². The number of carbonyl (C=O) groups excluding carboxylic acids is 1. The van der Waals surface area contributed by atoms with Gasteiger partial charge in [0.25, 0.3) is 0 Å². The van der Waals surface area contributed by atoms with Gasteiger partial charge in [0.1, 0.15) is 0 Å². The second-order valence-electron chi connectivity index (χ2n) is 4.51. The van der Waals surface area contributed by atoms with Crippen LogP contribution in [-0.2, 0) is 4.79 Å². The van der Waals surface area contributed by atoms with Gasteiger partial charge in [0, 0.05) is 14.3 Å². The van der Waals surface area contributed by atoms with Crippen molar-refractivity contribution in [3.8, 4) is 0 Å². The fourth-order valence-electron chi connectivity index (χ4n) is 1.81. The molecular formula is C15H14ClIN2O. The summed E-state index contributed by atoms with van der Waals surface area (Å²) in [7, 11) is 0. The summed E-state index contributed by atoms with van der Waals surface area (Å²) in [5.74, 6) is -0.346. The Morgan fingerprint density at radius 1 is 1.30 bits per heavy atom. The molecule has 0 spiro atoms. The predicted molar refractivity (Wildman–Crippen MR) is 92.1 cm³/mol. The molecule has 0 heterocycles. The molecule has 3 nitrogen and oxygen atoms in total. The molecule has 1 amide bonds. The third kappa shape index (κ3) is 3.64. The minimum Gasteiger partial charge on any atom is -0.399 e. The number of hydrogen-bond donors (Lipinski definition) is 2. The van der Waals surface area contributed by atoms with Gasteiger partial charge in [-0.2, -0.15) is 0 Å². The van der Waals surface area contributed by atoms with Crippen LogP contribution < -0.4 is 11.1 Å². The molecule has 2 aromatic carbocycles. The Labute approximate surface area is 136 Å². The molecule has 20 heavy (non-hydrogen) atoms. The molecule has 0 aliphatic heterocycles. The van der Waals surface area contributed by atoms with Crippen molar-refractivity contribution < 1.29 is 4.79 Å². The number of hydrogen-bond acceptors (Lipinski definition) is 2. The number of halogens is 2. The van der Waals surface area contributed by atoms with Crippen molar-refractivity contribution in [1.82, 2.24) is 0 Å². The lowest BCUT2D eigenvalue weighted by atomic mass is 10.00. The summed E-state index contributed by atoms with van der Waals surface area (Å²) in [5.41, 5.74) is 8.05. The van der Waals surface area contributed by atoms with E-state index in [1.165, 1.54) is 0 Å². The number of nitrogens with two attached hydrogens (primary N) is 1. The molecule has 0 bridgehead atoms. The molecule has 0 saturated heterocycles. The van der Waals surface area contributed by atoms with Crippen LogP contribution >= 0.6 is 34.2 Å². The highest BCUT2D eigenvalue weighted by Gasteiger charge is 2.16. The highest BCUT2D eigenvalue weighted by atomic mass is 127. The maximum Gasteiger partial charge on any atom is 0.231 e. The Kier molecular flexibility index (Phi) is 4.88. The van der Waals surface area contributed by atoms with Crippen molar-refractivity contribution >= 4 is 51.5 Å². The maximum absolute atomic E-state index is 12.3. The molecule has 2 rings (SSSR count). The van der Waals surface area contributed by atoms with Gasteiger partial charge in [0.2, 0.25) is 5.91 Å². The molecule has 1 unspecified atom stereocenters. The van der Waals surface area contributed by atoms with E-state index in [0.29, 0.717) is 10.7 Å². The summed E-state index contributed by atoms with van der Waals surface area (Å²) in [5, 5.41) is 3.56. The lowest BCUT2D eigenvalue weighted by Gasteiger charge is -2.14. The van der Waals surface area contributed by atoms with E-state index in [0.717, 1.165) is 14.8 Å². The summed E-state index contributed by atoms with van der Waals surface area (Å²) in [4.78, 5) is 12.3. The Hall–Kier alpha value is -1.27. The minimum atomic E-state index is -0.273. The number of nitrogen functional groups attached to an aromatic ring is 1. The summed E-state index contributed by atoms with van der Waals surface area (Å²) < 4.78 is 0.906. The number of carbonyl (C=O) groups is 1. The number of rotatable bonds is 3. The fraction of sp³-hybridized carbons (Fsp3) is 0.133. The van der Waals surface area contributed by atoms with Gasteiger partial charge in [-0.1, -0.05) is 23.7 Å². The molecule has 0 aliphatic rings. The van der Waals surface area contributed by atoms with Crippen molar-refractivity contribution in [3.63, 3.8) is 0 Å². The average molecular weight is 401 g/mol. The molecule has 0 saturated carbocycles. The molecule has 0 radical (unpaired) electrons. The zero-order valence-electron chi connectivity index (χ0n) is 10.9. The highest BCUT2D eigenvalue weighted by molar-refractivity contribution is 14.1. The first kappa shape index (κ1) is 15.1. The molecule has 1 atom stereocenters. The molecule has 5 heteroatoms. The summed E-state index contributed by atoms with van der Waals surface area (Å²) in [6, 6.07) is 12.7. The van der Waals surface area contributed by atoms with Crippen LogP contribution in [0.2, 0.25) is 5.02 Å². The lowest BCUT2D eigenvalue weighted by molar-refractivity contribution is -0.117. The van der Waals surface area contributed by atoms with E-state index in [4.69, 9.17) is 17.3 Å². The van der Waals surface area contributed by atoms with Gasteiger partial charge in [-0.25, -0.2) is 0 Å². The topological polar surface area (TPSA) is 55.1 Å². The zero-order chi connectivity index (χ0) is 14.7. The van der Waals surface area contributed by atoms with Gasteiger partial charge in [-0.3, -0.25) is 4.79 Å². The van der Waals surface area contributed by atoms with Gasteiger partial charge >= 0.3 is 0 Å². The van der Waals surface area contributed by atoms with Gasteiger partial charge in [-0.15, -0.1) is 0 Å². The van der Waals surface area contributed by atoms with Crippen LogP contribution in [0.3, 0.4) is 0 Å². The Bertz CT molecular complexity index is 646. The van der Waals surface area contributed by atoms with E-state index in [9.17, 15) is 4.79 Å². The van der Waals surface area contributed by atoms with Crippen LogP contribution in [0, 0.1) is 3.57 Å². The van der Waals surface area contributed by atoms with Crippen LogP contribution in [0.1, 0.15) is 18.4 Å². The fourth-order valence-corrected chi connectivity index (χ4v) is 2.82. The Morgan fingerprint density at radius 3 is 2.70 bits per heavy atom. The number of anilines is 2. The van der Waals surface area contributed by atoms with Crippen molar-refractivity contribution in [2.75, 3.05) is 11.1 Å². The minimum absolute atomic E-state index is 0.0733. The third-order valence-electron chi connectivity index (χ3n) is 2.99. The SMILES string of the molecule is CC(C(=O)Nc1ccc(Cl)cc1I)c1cccc(N)c1. The van der Waals surface area contributed by atoms with Gasteiger partial charge in [0.15, 0.2) is 0 Å². The van der Waals surface area contributed by atoms with E-state index in [-0.39, 0.29) is 11.8 Å². The quantitative estimate of drug-likeness (QED) is 0.597. The predicted octanol–water partition coefficient (Wildman–Crippen LogP) is 4.27. The van der Waals surface area contributed by atoms with E-state index in [1.807, 2.05) is 31.2 Å². The number of nitrogens with one attached hydrogen (secondary N) is 1. The lowest BCUT2D eigenvalue weighted by Crippen LogP contribution is -2.19. The van der Waals surface area contributed by atoms with Crippen LogP contribution in [0.25, 0.3) is 0 Å². The van der Waals surface area contributed by atoms with Gasteiger partial charge < -0.3 is 11.1 Å². The molecule has 0 aromatic heterocycles. The molecule has 0 aliphatic carbocycles. The van der Waals surface area contributed by atoms with E-state index < -0.39 is 0 Å². The van der Waals surface area contributed by atoms with Crippen LogP contribution in [0.4, 0.5) is 11.4 Å². The normalized spacial score (nSPS) is 11.9. The highest BCUT2D eigenvalue weighted by Crippen LogP contribution is 2.25. The summed E-state index contributed by atoms with van der Waals surface area (Å²) in [6.45, 7) is 1.85. The molecule has 104 valence electrons. The number of benzene rings is 2. The van der Waals surface area contributed by atoms with Gasteiger partial charge in [-0.05, 0) is 65.4 Å². The Morgan fingerprint density at radius 2 is 2.05 bits per heavy atom. The smallest absolute Gasteiger partial charge is 0.231 e. The van der Waals surface area contributed by atoms with Crippen molar-refractivity contribution in [2.24, 2.45) is 0 Å². The van der Waals surface area contributed by atoms with E-state index in [1.54, 1.807) is 18.2 Å². The van der Waals surface area contributed by atoms with Crippen LogP contribution in [0.15, 0.2) is 42.5 Å². The average Bonchev–Trinajstić information content (AvgIpc) is 2.41. The first-order valence-electron chi connectivity index (χ1n) is 6.08. The van der Waals surface area contributed by atoms with Crippen molar-refractivity contribution in [1.29, 1.82) is 0 Å². The van der Waals surface area contributed by atoms with E-state index >= 15 is 0 Å². The first-order valence-corrected chi connectivity index (χ1v) is 7.54. The van der Waals surface area contributed by atoms with Crippen molar-refractivity contribution in [3.05, 3.63) is 56.6 Å². The van der Waals surface area contributed by atoms with Gasteiger partial charge in [0.05, 0.1) is 11.6 Å². The standard InChI is InChI=1S/C15H14ClIN2O/c1-9(10-3-2-4-12(18)7-10)15(20)19-14-6-5-11(16)8-13(14)17/h2-9H,18H2,1H3,(H,19,20). The number of amides is 1. The largest absolute Gasteiger partial charge is 0.399 e. The summed E-state index contributed by atoms with van der Waals surface area (Å²) >= 11 is 8.04. The third-order valence-corrected chi connectivity index (χ3v) is 4.12. The Balaban J connectivity index is 2.15. The monoisotopic (exact) mass is 400 g/mol.